The van der Waals surface area contributed by atoms with E-state index in [2.05, 4.69) is 17.4 Å². The van der Waals surface area contributed by atoms with Crippen LogP contribution in [0.3, 0.4) is 0 Å². The number of carbonyl (C=O) groups excluding carboxylic acids is 2. The van der Waals surface area contributed by atoms with E-state index in [4.69, 9.17) is 10.5 Å². The molecular formula is C24H31N3O6S. The second kappa shape index (κ2) is 12.1. The summed E-state index contributed by atoms with van der Waals surface area (Å²) < 4.78 is 30.6. The van der Waals surface area contributed by atoms with Crippen LogP contribution in [0.15, 0.2) is 59.5 Å². The molecule has 0 aromatic heterocycles. The highest BCUT2D eigenvalue weighted by Crippen LogP contribution is 2.23. The standard InChI is InChI=1S/C24H31N3O6S/c25-15-23(29)26-16-24(30)33-20-6-8-21(9-7-20)34(31,32)13-12-27-11-10-19(22(28)17-27)14-18-4-2-1-3-5-18/h1-9,19,22,28H,10-17,25H2,(H,26,29). The molecule has 2 atom stereocenters. The van der Waals surface area contributed by atoms with Crippen molar-refractivity contribution in [2.45, 2.75) is 23.8 Å². The lowest BCUT2D eigenvalue weighted by atomic mass is 9.88. The highest BCUT2D eigenvalue weighted by atomic mass is 32.2. The molecule has 1 heterocycles. The van der Waals surface area contributed by atoms with Gasteiger partial charge in [-0.1, -0.05) is 30.3 Å². The second-order valence-corrected chi connectivity index (χ2v) is 10.5. The van der Waals surface area contributed by atoms with E-state index >= 15 is 0 Å². The monoisotopic (exact) mass is 489 g/mol. The second-order valence-electron chi connectivity index (χ2n) is 8.35. The van der Waals surface area contributed by atoms with E-state index in [1.165, 1.54) is 29.8 Å². The highest BCUT2D eigenvalue weighted by Gasteiger charge is 2.28. The van der Waals surface area contributed by atoms with Crippen LogP contribution in [0.5, 0.6) is 5.75 Å². The van der Waals surface area contributed by atoms with Gasteiger partial charge in [-0.2, -0.15) is 0 Å². The fourth-order valence-corrected chi connectivity index (χ4v) is 5.18. The zero-order valence-electron chi connectivity index (χ0n) is 18.9. The Balaban J connectivity index is 1.46. The number of β-amino-alcohol motifs (C(OH)–C–C–N with tert-alkyl or cyclic N) is 1. The predicted octanol–water partition coefficient (Wildman–Crippen LogP) is 0.366. The van der Waals surface area contributed by atoms with Crippen molar-refractivity contribution in [1.29, 1.82) is 0 Å². The average Bonchev–Trinajstić information content (AvgIpc) is 2.84. The predicted molar refractivity (Wildman–Crippen MR) is 127 cm³/mol. The number of benzene rings is 2. The molecule has 184 valence electrons. The maximum absolute atomic E-state index is 12.7. The molecule has 2 aromatic rings. The quantitative estimate of drug-likeness (QED) is 0.321. The van der Waals surface area contributed by atoms with Gasteiger partial charge in [0.05, 0.1) is 23.3 Å². The lowest BCUT2D eigenvalue weighted by Gasteiger charge is -2.36. The number of hydrogen-bond acceptors (Lipinski definition) is 8. The molecule has 1 saturated heterocycles. The van der Waals surface area contributed by atoms with Crippen LogP contribution < -0.4 is 15.8 Å². The van der Waals surface area contributed by atoms with Crippen molar-refractivity contribution in [1.82, 2.24) is 10.2 Å². The number of hydrogen-bond donors (Lipinski definition) is 3. The number of ether oxygens (including phenoxy) is 1. The minimum absolute atomic E-state index is 0.0761. The van der Waals surface area contributed by atoms with Gasteiger partial charge in [0.1, 0.15) is 12.3 Å². The molecule has 10 heteroatoms. The fraction of sp³-hybridized carbons (Fsp3) is 0.417. The summed E-state index contributed by atoms with van der Waals surface area (Å²) in [5.41, 5.74) is 6.34. The smallest absolute Gasteiger partial charge is 0.330 e. The Kier molecular flexibility index (Phi) is 9.17. The largest absolute Gasteiger partial charge is 0.425 e. The molecule has 1 fully saturated rings. The number of sulfone groups is 1. The Bertz CT molecular complexity index is 1060. The summed E-state index contributed by atoms with van der Waals surface area (Å²) in [7, 11) is -3.54. The number of aliphatic hydroxyl groups excluding tert-OH is 1. The maximum Gasteiger partial charge on any atom is 0.330 e. The van der Waals surface area contributed by atoms with Gasteiger partial charge in [0.25, 0.3) is 0 Å². The van der Waals surface area contributed by atoms with Crippen molar-refractivity contribution in [2.75, 3.05) is 38.5 Å². The van der Waals surface area contributed by atoms with Gasteiger partial charge >= 0.3 is 5.97 Å². The van der Waals surface area contributed by atoms with E-state index in [9.17, 15) is 23.1 Å². The third-order valence-electron chi connectivity index (χ3n) is 5.85. The molecule has 0 aliphatic carbocycles. The van der Waals surface area contributed by atoms with E-state index in [0.29, 0.717) is 13.1 Å². The van der Waals surface area contributed by atoms with Gasteiger partial charge in [-0.15, -0.1) is 0 Å². The zero-order valence-corrected chi connectivity index (χ0v) is 19.7. The molecule has 0 spiro atoms. The van der Waals surface area contributed by atoms with E-state index in [1.807, 2.05) is 23.1 Å². The number of rotatable bonds is 10. The summed E-state index contributed by atoms with van der Waals surface area (Å²) >= 11 is 0. The zero-order chi connectivity index (χ0) is 24.6. The molecule has 3 rings (SSSR count). The number of esters is 1. The van der Waals surface area contributed by atoms with Gasteiger partial charge in [0, 0.05) is 13.1 Å². The molecule has 1 aliphatic rings. The molecule has 0 saturated carbocycles. The first-order chi connectivity index (χ1) is 16.3. The van der Waals surface area contributed by atoms with Crippen molar-refractivity contribution in [2.24, 2.45) is 11.7 Å². The van der Waals surface area contributed by atoms with Gasteiger partial charge in [0.15, 0.2) is 9.84 Å². The summed E-state index contributed by atoms with van der Waals surface area (Å²) in [5.74, 6) is -0.908. The minimum Gasteiger partial charge on any atom is -0.425 e. The Hall–Kier alpha value is -2.79. The first-order valence-electron chi connectivity index (χ1n) is 11.2. The minimum atomic E-state index is -3.54. The van der Waals surface area contributed by atoms with Gasteiger partial charge in [-0.05, 0) is 55.1 Å². The van der Waals surface area contributed by atoms with E-state index in [0.717, 1.165) is 19.4 Å². The third kappa shape index (κ3) is 7.63. The molecule has 34 heavy (non-hydrogen) atoms. The van der Waals surface area contributed by atoms with Crippen molar-refractivity contribution in [3.8, 4) is 5.75 Å². The van der Waals surface area contributed by atoms with Crippen molar-refractivity contribution in [3.63, 3.8) is 0 Å². The van der Waals surface area contributed by atoms with E-state index in [1.54, 1.807) is 0 Å². The van der Waals surface area contributed by atoms with Gasteiger partial charge < -0.3 is 20.9 Å². The molecule has 2 aromatic carbocycles. The number of nitrogens with one attached hydrogen (secondary N) is 1. The summed E-state index contributed by atoms with van der Waals surface area (Å²) in [6, 6.07) is 15.6. The Labute approximate surface area is 199 Å². The number of piperidine rings is 1. The summed E-state index contributed by atoms with van der Waals surface area (Å²) in [6.07, 6.45) is 1.12. The normalized spacial score (nSPS) is 18.9. The van der Waals surface area contributed by atoms with Crippen LogP contribution in [0.25, 0.3) is 0 Å². The first kappa shape index (κ1) is 25.8. The molecule has 0 radical (unpaired) electrons. The number of nitrogens with zero attached hydrogens (tertiary/aromatic N) is 1. The van der Waals surface area contributed by atoms with E-state index < -0.39 is 27.8 Å². The summed E-state index contributed by atoms with van der Waals surface area (Å²) in [4.78, 5) is 24.9. The SMILES string of the molecule is NCC(=O)NCC(=O)Oc1ccc(S(=O)(=O)CCN2CCC(Cc3ccccc3)C(O)C2)cc1. The molecule has 0 bridgehead atoms. The molecule has 4 N–H and O–H groups in total. The van der Waals surface area contributed by atoms with Crippen molar-refractivity contribution < 1.29 is 27.9 Å². The third-order valence-corrected chi connectivity index (χ3v) is 7.56. The van der Waals surface area contributed by atoms with Crippen LogP contribution in [-0.4, -0.2) is 74.9 Å². The van der Waals surface area contributed by atoms with E-state index in [-0.39, 0.29) is 35.4 Å². The van der Waals surface area contributed by atoms with Gasteiger partial charge in [-0.3, -0.25) is 9.69 Å². The maximum atomic E-state index is 12.7. The van der Waals surface area contributed by atoms with Crippen LogP contribution in [0.4, 0.5) is 0 Å². The van der Waals surface area contributed by atoms with Crippen LogP contribution in [0.1, 0.15) is 12.0 Å². The van der Waals surface area contributed by atoms with Crippen LogP contribution in [0.2, 0.25) is 0 Å². The lowest BCUT2D eigenvalue weighted by Crippen LogP contribution is -2.46. The highest BCUT2D eigenvalue weighted by molar-refractivity contribution is 7.91. The molecule has 9 nitrogen and oxygen atoms in total. The molecule has 1 amide bonds. The molecule has 2 unspecified atom stereocenters. The number of amides is 1. The van der Waals surface area contributed by atoms with Crippen molar-refractivity contribution in [3.05, 3.63) is 60.2 Å². The Morgan fingerprint density at radius 2 is 1.82 bits per heavy atom. The topological polar surface area (TPSA) is 139 Å². The Morgan fingerprint density at radius 1 is 1.12 bits per heavy atom. The van der Waals surface area contributed by atoms with Crippen molar-refractivity contribution >= 4 is 21.7 Å². The van der Waals surface area contributed by atoms with Gasteiger partial charge in [-0.25, -0.2) is 13.2 Å². The molecule has 1 aliphatic heterocycles. The number of nitrogens with two attached hydrogens (primary N) is 1. The summed E-state index contributed by atoms with van der Waals surface area (Å²) in [6.45, 7) is 0.950. The van der Waals surface area contributed by atoms with Crippen LogP contribution >= 0.6 is 0 Å². The first-order valence-corrected chi connectivity index (χ1v) is 12.9. The Morgan fingerprint density at radius 3 is 2.47 bits per heavy atom. The lowest BCUT2D eigenvalue weighted by molar-refractivity contribution is -0.135. The van der Waals surface area contributed by atoms with Crippen LogP contribution in [0, 0.1) is 5.92 Å². The fourth-order valence-electron chi connectivity index (χ4n) is 3.90. The summed E-state index contributed by atoms with van der Waals surface area (Å²) in [5, 5.41) is 12.9. The van der Waals surface area contributed by atoms with Gasteiger partial charge in [0.2, 0.25) is 5.91 Å². The van der Waals surface area contributed by atoms with Crippen LogP contribution in [-0.2, 0) is 25.8 Å². The average molecular weight is 490 g/mol. The number of carbonyl (C=O) groups is 2. The number of aliphatic hydroxyl groups is 1. The molecular weight excluding hydrogens is 458 g/mol. The number of likely N-dealkylation sites (tertiary alicyclic amines) is 1.